The SMILES string of the molecule is C=C(C=Cc1ccccc1)C(=O)OCc1ccccc1. The molecule has 0 spiro atoms. The first-order valence-electron chi connectivity index (χ1n) is 6.39. The molecular weight excluding hydrogens is 248 g/mol. The Morgan fingerprint density at radius 3 is 2.25 bits per heavy atom. The van der Waals surface area contributed by atoms with E-state index >= 15 is 0 Å². The fraction of sp³-hybridized carbons (Fsp3) is 0.0556. The summed E-state index contributed by atoms with van der Waals surface area (Å²) in [6, 6.07) is 19.3. The molecule has 2 aromatic carbocycles. The normalized spacial score (nSPS) is 10.4. The summed E-state index contributed by atoms with van der Waals surface area (Å²) in [6.45, 7) is 3.98. The second kappa shape index (κ2) is 7.10. The third-order valence-corrected chi connectivity index (χ3v) is 2.75. The lowest BCUT2D eigenvalue weighted by atomic mass is 10.2. The summed E-state index contributed by atoms with van der Waals surface area (Å²) in [5, 5.41) is 0. The van der Waals surface area contributed by atoms with Crippen molar-refractivity contribution in [3.8, 4) is 0 Å². The average Bonchev–Trinajstić information content (AvgIpc) is 2.52. The molecule has 0 atom stereocenters. The van der Waals surface area contributed by atoms with E-state index in [4.69, 9.17) is 4.74 Å². The van der Waals surface area contributed by atoms with Crippen molar-refractivity contribution in [1.29, 1.82) is 0 Å². The van der Waals surface area contributed by atoms with E-state index in [0.29, 0.717) is 5.57 Å². The lowest BCUT2D eigenvalue weighted by molar-refractivity contribution is -0.139. The predicted octanol–water partition coefficient (Wildman–Crippen LogP) is 4.00. The van der Waals surface area contributed by atoms with Crippen LogP contribution in [0.4, 0.5) is 0 Å². The molecule has 0 unspecified atom stereocenters. The van der Waals surface area contributed by atoms with Crippen LogP contribution >= 0.6 is 0 Å². The van der Waals surface area contributed by atoms with Crippen LogP contribution in [-0.2, 0) is 16.1 Å². The third kappa shape index (κ3) is 4.25. The summed E-state index contributed by atoms with van der Waals surface area (Å²) in [5.41, 5.74) is 2.31. The van der Waals surface area contributed by atoms with Gasteiger partial charge < -0.3 is 4.74 Å². The summed E-state index contributed by atoms with van der Waals surface area (Å²) < 4.78 is 5.19. The molecule has 0 aliphatic rings. The lowest BCUT2D eigenvalue weighted by Crippen LogP contribution is -2.05. The van der Waals surface area contributed by atoms with Crippen molar-refractivity contribution >= 4 is 12.0 Å². The topological polar surface area (TPSA) is 26.3 Å². The van der Waals surface area contributed by atoms with Gasteiger partial charge in [-0.15, -0.1) is 0 Å². The van der Waals surface area contributed by atoms with Crippen LogP contribution in [-0.4, -0.2) is 5.97 Å². The molecule has 0 N–H and O–H groups in total. The molecule has 2 heteroatoms. The number of hydrogen-bond acceptors (Lipinski definition) is 2. The van der Waals surface area contributed by atoms with Crippen LogP contribution in [0.5, 0.6) is 0 Å². The monoisotopic (exact) mass is 264 g/mol. The fourth-order valence-electron chi connectivity index (χ4n) is 1.64. The van der Waals surface area contributed by atoms with Gasteiger partial charge in [0.15, 0.2) is 0 Å². The second-order valence-electron chi connectivity index (χ2n) is 4.33. The summed E-state index contributed by atoms with van der Waals surface area (Å²) in [7, 11) is 0. The number of ether oxygens (including phenoxy) is 1. The Bertz CT molecular complexity index is 598. The zero-order valence-electron chi connectivity index (χ0n) is 11.2. The Kier molecular flexibility index (Phi) is 4.90. The molecule has 2 rings (SSSR count). The summed E-state index contributed by atoms with van der Waals surface area (Å²) in [5.74, 6) is -0.402. The Hall–Kier alpha value is -2.61. The van der Waals surface area contributed by atoms with E-state index in [2.05, 4.69) is 6.58 Å². The molecule has 0 heterocycles. The highest BCUT2D eigenvalue weighted by Gasteiger charge is 2.05. The van der Waals surface area contributed by atoms with Gasteiger partial charge in [-0.25, -0.2) is 4.79 Å². The molecule has 0 bridgehead atoms. The second-order valence-corrected chi connectivity index (χ2v) is 4.33. The number of esters is 1. The van der Waals surface area contributed by atoms with Crippen molar-refractivity contribution in [1.82, 2.24) is 0 Å². The van der Waals surface area contributed by atoms with Crippen LogP contribution in [0.3, 0.4) is 0 Å². The molecule has 2 nitrogen and oxygen atoms in total. The minimum atomic E-state index is -0.402. The minimum absolute atomic E-state index is 0.262. The highest BCUT2D eigenvalue weighted by atomic mass is 16.5. The Labute approximate surface area is 119 Å². The number of benzene rings is 2. The molecule has 0 aliphatic carbocycles. The number of carbonyl (C=O) groups is 1. The highest BCUT2D eigenvalue weighted by Crippen LogP contribution is 2.07. The Morgan fingerprint density at radius 2 is 1.60 bits per heavy atom. The van der Waals surface area contributed by atoms with Crippen LogP contribution in [0, 0.1) is 0 Å². The van der Waals surface area contributed by atoms with Crippen LogP contribution in [0.1, 0.15) is 11.1 Å². The molecule has 2 aromatic rings. The van der Waals surface area contributed by atoms with Crippen LogP contribution < -0.4 is 0 Å². The molecule has 0 fully saturated rings. The van der Waals surface area contributed by atoms with Crippen molar-refractivity contribution in [2.75, 3.05) is 0 Å². The number of rotatable bonds is 5. The van der Waals surface area contributed by atoms with Gasteiger partial charge in [0.05, 0.1) is 5.57 Å². The summed E-state index contributed by atoms with van der Waals surface area (Å²) in [6.07, 6.45) is 3.51. The summed E-state index contributed by atoms with van der Waals surface area (Å²) in [4.78, 5) is 11.8. The van der Waals surface area contributed by atoms with Gasteiger partial charge in [-0.1, -0.05) is 73.3 Å². The maximum absolute atomic E-state index is 11.8. The van der Waals surface area contributed by atoms with Crippen LogP contribution in [0.2, 0.25) is 0 Å². The first-order valence-corrected chi connectivity index (χ1v) is 6.39. The van der Waals surface area contributed by atoms with Gasteiger partial charge in [0.25, 0.3) is 0 Å². The first-order chi connectivity index (χ1) is 9.75. The quantitative estimate of drug-likeness (QED) is 0.463. The molecule has 0 aliphatic heterocycles. The third-order valence-electron chi connectivity index (χ3n) is 2.75. The predicted molar refractivity (Wildman–Crippen MR) is 80.9 cm³/mol. The van der Waals surface area contributed by atoms with Crippen molar-refractivity contribution < 1.29 is 9.53 Å². The number of hydrogen-bond donors (Lipinski definition) is 0. The first kappa shape index (κ1) is 13.8. The van der Waals surface area contributed by atoms with E-state index in [9.17, 15) is 4.79 Å². The smallest absolute Gasteiger partial charge is 0.337 e. The molecule has 0 amide bonds. The molecule has 0 aromatic heterocycles. The molecule has 0 saturated carbocycles. The van der Waals surface area contributed by atoms with E-state index in [1.54, 1.807) is 6.08 Å². The van der Waals surface area contributed by atoms with E-state index in [0.717, 1.165) is 11.1 Å². The van der Waals surface area contributed by atoms with Gasteiger partial charge in [-0.3, -0.25) is 0 Å². The number of carbonyl (C=O) groups excluding carboxylic acids is 1. The van der Waals surface area contributed by atoms with Gasteiger partial charge in [0.1, 0.15) is 6.61 Å². The maximum atomic E-state index is 11.8. The summed E-state index contributed by atoms with van der Waals surface area (Å²) >= 11 is 0. The van der Waals surface area contributed by atoms with Gasteiger partial charge in [0, 0.05) is 0 Å². The lowest BCUT2D eigenvalue weighted by Gasteiger charge is -2.04. The minimum Gasteiger partial charge on any atom is -0.457 e. The van der Waals surface area contributed by atoms with Crippen LogP contribution in [0.15, 0.2) is 78.9 Å². The molecule has 0 saturated heterocycles. The van der Waals surface area contributed by atoms with E-state index < -0.39 is 5.97 Å². The van der Waals surface area contributed by atoms with Crippen LogP contribution in [0.25, 0.3) is 6.08 Å². The van der Waals surface area contributed by atoms with E-state index in [1.165, 1.54) is 0 Å². The molecule has 20 heavy (non-hydrogen) atoms. The Balaban J connectivity index is 1.86. The van der Waals surface area contributed by atoms with Crippen molar-refractivity contribution in [3.05, 3.63) is 90.0 Å². The molecule has 0 radical (unpaired) electrons. The molecule has 100 valence electrons. The van der Waals surface area contributed by atoms with Crippen molar-refractivity contribution in [2.45, 2.75) is 6.61 Å². The largest absolute Gasteiger partial charge is 0.457 e. The van der Waals surface area contributed by atoms with Gasteiger partial charge in [-0.2, -0.15) is 0 Å². The van der Waals surface area contributed by atoms with E-state index in [1.807, 2.05) is 66.7 Å². The van der Waals surface area contributed by atoms with Gasteiger partial charge >= 0.3 is 5.97 Å². The van der Waals surface area contributed by atoms with Gasteiger partial charge in [-0.05, 0) is 17.2 Å². The van der Waals surface area contributed by atoms with E-state index in [-0.39, 0.29) is 6.61 Å². The Morgan fingerprint density at radius 1 is 1.00 bits per heavy atom. The highest BCUT2D eigenvalue weighted by molar-refractivity contribution is 5.92. The van der Waals surface area contributed by atoms with Crippen molar-refractivity contribution in [2.24, 2.45) is 0 Å². The standard InChI is InChI=1S/C18H16O2/c1-15(12-13-16-8-4-2-5-9-16)18(19)20-14-17-10-6-3-7-11-17/h2-13H,1,14H2. The maximum Gasteiger partial charge on any atom is 0.337 e. The zero-order valence-corrected chi connectivity index (χ0v) is 11.2. The van der Waals surface area contributed by atoms with Crippen molar-refractivity contribution in [3.63, 3.8) is 0 Å². The fourth-order valence-corrected chi connectivity index (χ4v) is 1.64. The van der Waals surface area contributed by atoms with Gasteiger partial charge in [0.2, 0.25) is 0 Å². The molecular formula is C18H16O2. The zero-order chi connectivity index (χ0) is 14.2. The average molecular weight is 264 g/mol.